The van der Waals surface area contributed by atoms with Crippen molar-refractivity contribution in [2.75, 3.05) is 32.8 Å². The average Bonchev–Trinajstić information content (AvgIpc) is 2.97. The fourth-order valence-corrected chi connectivity index (χ4v) is 4.42. The van der Waals surface area contributed by atoms with Gasteiger partial charge in [-0.25, -0.2) is 9.59 Å². The summed E-state index contributed by atoms with van der Waals surface area (Å²) in [5.41, 5.74) is -2.59. The number of amides is 3. The maximum Gasteiger partial charge on any atom is 0.407 e. The second-order valence-electron chi connectivity index (χ2n) is 9.56. The van der Waals surface area contributed by atoms with E-state index in [1.165, 1.54) is 0 Å². The zero-order valence-electron chi connectivity index (χ0n) is 17.7. The third-order valence-corrected chi connectivity index (χ3v) is 5.66. The summed E-state index contributed by atoms with van der Waals surface area (Å²) in [4.78, 5) is 26.4. The number of nitrogens with one attached hydrogen (secondary N) is 2. The number of urea groups is 1. The molecule has 29 heavy (non-hydrogen) atoms. The summed E-state index contributed by atoms with van der Waals surface area (Å²) in [7, 11) is 0. The van der Waals surface area contributed by atoms with Crippen molar-refractivity contribution >= 4 is 12.1 Å². The fourth-order valence-electron chi connectivity index (χ4n) is 4.42. The number of fused-ring (bicyclic) bond motifs is 2. The van der Waals surface area contributed by atoms with Crippen LogP contribution in [0.3, 0.4) is 0 Å². The molecule has 0 aromatic carbocycles. The number of hydrogen-bond donors (Lipinski definition) is 2. The molecular formula is C19H31N3O7. The summed E-state index contributed by atoms with van der Waals surface area (Å²) in [6, 6.07) is -0.201. The molecule has 5 aliphatic rings. The zero-order chi connectivity index (χ0) is 21.1. The summed E-state index contributed by atoms with van der Waals surface area (Å²) >= 11 is 0. The molecule has 0 aromatic rings. The first-order chi connectivity index (χ1) is 13.5. The molecule has 5 fully saturated rings. The monoisotopic (exact) mass is 413 g/mol. The first-order valence-electron chi connectivity index (χ1n) is 10.1. The minimum atomic E-state index is -1.06. The number of ether oxygens (including phenoxy) is 5. The average molecular weight is 413 g/mol. The molecule has 5 rings (SSSR count). The molecule has 10 nitrogen and oxygen atoms in total. The summed E-state index contributed by atoms with van der Waals surface area (Å²) in [6.07, 6.45) is -0.777. The van der Waals surface area contributed by atoms with Gasteiger partial charge in [0.15, 0.2) is 11.5 Å². The van der Waals surface area contributed by atoms with Gasteiger partial charge in [0, 0.05) is 13.1 Å². The van der Waals surface area contributed by atoms with Crippen molar-refractivity contribution in [3.8, 4) is 0 Å². The lowest BCUT2D eigenvalue weighted by Gasteiger charge is -2.60. The minimum Gasteiger partial charge on any atom is -0.444 e. The molecule has 3 unspecified atom stereocenters. The molecule has 2 N–H and O–H groups in total. The van der Waals surface area contributed by atoms with E-state index in [-0.39, 0.29) is 25.8 Å². The Morgan fingerprint density at radius 1 is 1.24 bits per heavy atom. The van der Waals surface area contributed by atoms with Crippen LogP contribution >= 0.6 is 0 Å². The molecule has 0 aromatic heterocycles. The first kappa shape index (κ1) is 20.6. The molecule has 0 spiro atoms. The van der Waals surface area contributed by atoms with Crippen LogP contribution in [0.25, 0.3) is 0 Å². The first-order valence-corrected chi connectivity index (χ1v) is 10.1. The van der Waals surface area contributed by atoms with E-state index in [0.29, 0.717) is 13.1 Å². The van der Waals surface area contributed by atoms with E-state index < -0.39 is 41.0 Å². The van der Waals surface area contributed by atoms with E-state index in [4.69, 9.17) is 23.7 Å². The second-order valence-corrected chi connectivity index (χ2v) is 9.56. The Balaban J connectivity index is 1.56. The summed E-state index contributed by atoms with van der Waals surface area (Å²) in [5.74, 6) is -0.870. The smallest absolute Gasteiger partial charge is 0.407 e. The van der Waals surface area contributed by atoms with Gasteiger partial charge >= 0.3 is 12.1 Å². The van der Waals surface area contributed by atoms with Gasteiger partial charge in [0.2, 0.25) is 0 Å². The van der Waals surface area contributed by atoms with Crippen molar-refractivity contribution in [1.29, 1.82) is 0 Å². The van der Waals surface area contributed by atoms with Crippen LogP contribution in [0.2, 0.25) is 0 Å². The maximum absolute atomic E-state index is 12.6. The van der Waals surface area contributed by atoms with Crippen LogP contribution in [0.1, 0.15) is 41.0 Å². The number of carbonyl (C=O) groups excluding carboxylic acids is 2. The Labute approximate surface area is 170 Å². The molecule has 3 amide bonds. The van der Waals surface area contributed by atoms with Crippen molar-refractivity contribution in [1.82, 2.24) is 15.5 Å². The maximum atomic E-state index is 12.6. The second kappa shape index (κ2) is 6.69. The van der Waals surface area contributed by atoms with Gasteiger partial charge in [-0.15, -0.1) is 0 Å². The van der Waals surface area contributed by atoms with E-state index in [1.807, 2.05) is 13.8 Å². The Morgan fingerprint density at radius 3 is 2.59 bits per heavy atom. The topological polar surface area (TPSA) is 108 Å². The predicted octanol–water partition coefficient (Wildman–Crippen LogP) is 0.942. The molecule has 0 aliphatic carbocycles. The van der Waals surface area contributed by atoms with Crippen LogP contribution in [0.4, 0.5) is 9.59 Å². The number of alkyl carbamates (subject to hydrolysis) is 1. The largest absolute Gasteiger partial charge is 0.444 e. The van der Waals surface area contributed by atoms with Crippen LogP contribution < -0.4 is 10.6 Å². The van der Waals surface area contributed by atoms with Crippen LogP contribution in [0.5, 0.6) is 0 Å². The third kappa shape index (κ3) is 3.56. The molecule has 0 radical (unpaired) electrons. The SMILES string of the molecule is CC(C)(C)OC(=O)NCC12COC(N3CCCNC3=O)(CO1)C1OC(C)(C)O[C@H]12. The van der Waals surface area contributed by atoms with Crippen LogP contribution in [-0.4, -0.2) is 84.8 Å². The molecule has 5 saturated heterocycles. The van der Waals surface area contributed by atoms with Crippen molar-refractivity contribution in [3.63, 3.8) is 0 Å². The lowest BCUT2D eigenvalue weighted by Crippen LogP contribution is -2.81. The van der Waals surface area contributed by atoms with Gasteiger partial charge in [-0.2, -0.15) is 0 Å². The quantitative estimate of drug-likeness (QED) is 0.709. The van der Waals surface area contributed by atoms with Gasteiger partial charge in [0.25, 0.3) is 0 Å². The van der Waals surface area contributed by atoms with Crippen LogP contribution in [0, 0.1) is 0 Å². The highest BCUT2D eigenvalue weighted by Gasteiger charge is 2.71. The summed E-state index contributed by atoms with van der Waals surface area (Å²) in [6.45, 7) is 10.7. The van der Waals surface area contributed by atoms with Crippen molar-refractivity contribution in [2.45, 2.75) is 76.0 Å². The normalized spacial score (nSPS) is 38.4. The molecule has 10 heteroatoms. The van der Waals surface area contributed by atoms with Gasteiger partial charge < -0.3 is 34.3 Å². The van der Waals surface area contributed by atoms with Crippen molar-refractivity contribution in [3.05, 3.63) is 0 Å². The van der Waals surface area contributed by atoms with Gasteiger partial charge in [-0.05, 0) is 41.0 Å². The van der Waals surface area contributed by atoms with Gasteiger partial charge in [-0.1, -0.05) is 0 Å². The number of rotatable bonds is 3. The van der Waals surface area contributed by atoms with E-state index in [0.717, 1.165) is 6.42 Å². The fraction of sp³-hybridized carbons (Fsp3) is 0.895. The molecule has 4 atom stereocenters. The highest BCUT2D eigenvalue weighted by Crippen LogP contribution is 2.51. The Hall–Kier alpha value is -1.62. The number of carbonyl (C=O) groups is 2. The van der Waals surface area contributed by atoms with Gasteiger partial charge in [0.1, 0.15) is 23.4 Å². The lowest BCUT2D eigenvalue weighted by molar-refractivity contribution is -0.362. The van der Waals surface area contributed by atoms with E-state index >= 15 is 0 Å². The summed E-state index contributed by atoms with van der Waals surface area (Å²) in [5, 5.41) is 5.63. The molecule has 2 bridgehead atoms. The molecule has 5 heterocycles. The van der Waals surface area contributed by atoms with Crippen molar-refractivity contribution < 1.29 is 33.3 Å². The molecule has 164 valence electrons. The van der Waals surface area contributed by atoms with Gasteiger partial charge in [0.05, 0.1) is 19.8 Å². The molecule has 5 aliphatic heterocycles. The number of hydrogen-bond acceptors (Lipinski definition) is 7. The Morgan fingerprint density at radius 2 is 1.97 bits per heavy atom. The summed E-state index contributed by atoms with van der Waals surface area (Å²) < 4.78 is 30.2. The van der Waals surface area contributed by atoms with E-state index in [1.54, 1.807) is 25.7 Å². The van der Waals surface area contributed by atoms with E-state index in [9.17, 15) is 9.59 Å². The Kier molecular flexibility index (Phi) is 4.77. The van der Waals surface area contributed by atoms with E-state index in [2.05, 4.69) is 10.6 Å². The highest BCUT2D eigenvalue weighted by molar-refractivity contribution is 5.76. The lowest BCUT2D eigenvalue weighted by atomic mass is 9.80. The van der Waals surface area contributed by atoms with Crippen molar-refractivity contribution in [2.24, 2.45) is 0 Å². The third-order valence-electron chi connectivity index (χ3n) is 5.66. The van der Waals surface area contributed by atoms with Crippen LogP contribution in [-0.2, 0) is 23.7 Å². The highest BCUT2D eigenvalue weighted by atomic mass is 16.8. The minimum absolute atomic E-state index is 0.136. The Bertz CT molecular complexity index is 682. The van der Waals surface area contributed by atoms with Gasteiger partial charge in [-0.3, -0.25) is 4.90 Å². The molecule has 0 saturated carbocycles. The molecular weight excluding hydrogens is 382 g/mol. The standard InChI is InChI=1S/C19H31N3O7/c1-16(2,3)29-15(24)21-9-18-10-26-19(11-25-18,22-8-6-7-20-14(22)23)13-12(18)27-17(4,5)28-13/h12-13H,6-11H2,1-5H3,(H,20,23)(H,21,24)/t12-,13?,18?,19?/m1/s1. The number of nitrogens with zero attached hydrogens (tertiary/aromatic N) is 1. The zero-order valence-corrected chi connectivity index (χ0v) is 17.7. The van der Waals surface area contributed by atoms with Crippen LogP contribution in [0.15, 0.2) is 0 Å². The predicted molar refractivity (Wildman–Crippen MR) is 100 cm³/mol.